The predicted octanol–water partition coefficient (Wildman–Crippen LogP) is 3.58. The van der Waals surface area contributed by atoms with Gasteiger partial charge in [0.1, 0.15) is 5.69 Å². The third-order valence-corrected chi connectivity index (χ3v) is 6.46. The molecule has 162 valence electrons. The smallest absolute Gasteiger partial charge is 0.244 e. The number of benzene rings is 2. The first-order valence-electron chi connectivity index (χ1n) is 9.67. The molecule has 7 nitrogen and oxygen atoms in total. The number of hydrogen-bond acceptors (Lipinski definition) is 5. The van der Waals surface area contributed by atoms with E-state index in [2.05, 4.69) is 5.32 Å². The molecule has 2 aromatic heterocycles. The molecule has 3 N–H and O–H groups in total. The number of nitrogens with one attached hydrogen (secondary N) is 1. The van der Waals surface area contributed by atoms with Crippen molar-refractivity contribution in [2.24, 2.45) is 5.14 Å². The summed E-state index contributed by atoms with van der Waals surface area (Å²) in [4.78, 5) is 13.4. The van der Waals surface area contributed by atoms with Crippen molar-refractivity contribution < 1.29 is 13.2 Å². The lowest BCUT2D eigenvalue weighted by Crippen LogP contribution is -2.20. The molecule has 0 aliphatic heterocycles. The summed E-state index contributed by atoms with van der Waals surface area (Å²) in [7, 11) is -3.74. The van der Waals surface area contributed by atoms with E-state index in [1.54, 1.807) is 34.2 Å². The van der Waals surface area contributed by atoms with Gasteiger partial charge in [-0.25, -0.2) is 18.2 Å². The molecule has 0 spiro atoms. The second-order valence-electron chi connectivity index (χ2n) is 6.93. The van der Waals surface area contributed by atoms with Gasteiger partial charge in [-0.3, -0.25) is 4.79 Å². The number of hydrogen-bond donors (Lipinski definition) is 2. The van der Waals surface area contributed by atoms with Crippen LogP contribution in [0.25, 0.3) is 22.3 Å². The summed E-state index contributed by atoms with van der Waals surface area (Å²) in [6.45, 7) is 0.259. The van der Waals surface area contributed by atoms with E-state index in [0.29, 0.717) is 0 Å². The van der Waals surface area contributed by atoms with Gasteiger partial charge in [-0.05, 0) is 47.4 Å². The number of primary sulfonamides is 1. The number of aromatic nitrogens is 2. The molecule has 0 unspecified atom stereocenters. The lowest BCUT2D eigenvalue weighted by molar-refractivity contribution is -0.116. The van der Waals surface area contributed by atoms with Gasteiger partial charge in [0.2, 0.25) is 15.9 Å². The molecule has 0 bridgehead atoms. The Morgan fingerprint density at radius 3 is 2.47 bits per heavy atom. The van der Waals surface area contributed by atoms with Crippen molar-refractivity contribution in [1.29, 1.82) is 0 Å². The Hall–Kier alpha value is -3.53. The molecule has 0 fully saturated rings. The van der Waals surface area contributed by atoms with Gasteiger partial charge >= 0.3 is 0 Å². The van der Waals surface area contributed by atoms with E-state index in [1.165, 1.54) is 18.2 Å². The highest BCUT2D eigenvalue weighted by Crippen LogP contribution is 2.28. The number of carbonyl (C=O) groups excluding carboxylic acids is 1. The molecule has 2 aromatic carbocycles. The average molecular weight is 465 g/mol. The topological polar surface area (TPSA) is 107 Å². The summed E-state index contributed by atoms with van der Waals surface area (Å²) in [5.74, 6) is -0.273. The Balaban J connectivity index is 1.48. The summed E-state index contributed by atoms with van der Waals surface area (Å²) in [5, 5.41) is 14.6. The summed E-state index contributed by atoms with van der Waals surface area (Å²) in [6, 6.07) is 19.8. The average Bonchev–Trinajstić information content (AvgIpc) is 3.46. The van der Waals surface area contributed by atoms with Crippen LogP contribution in [0.1, 0.15) is 11.1 Å². The van der Waals surface area contributed by atoms with Crippen LogP contribution in [0.4, 0.5) is 0 Å². The Bertz CT molecular complexity index is 1340. The third kappa shape index (κ3) is 5.20. The van der Waals surface area contributed by atoms with Crippen LogP contribution < -0.4 is 10.5 Å². The highest BCUT2D eigenvalue weighted by Gasteiger charge is 2.12. The van der Waals surface area contributed by atoms with Crippen LogP contribution in [0.5, 0.6) is 0 Å². The highest BCUT2D eigenvalue weighted by molar-refractivity contribution is 7.89. The van der Waals surface area contributed by atoms with Gasteiger partial charge in [-0.15, -0.1) is 11.3 Å². The molecular formula is C23H20N4O3S2. The first kappa shape index (κ1) is 21.7. The largest absolute Gasteiger partial charge is 0.348 e. The standard InChI is InChI=1S/C23H20N4O3S2/c24-32(29,30)20-11-8-17(9-12-20)15-25-22(28)13-10-18-16-27(19-5-2-1-3-6-19)26-23(18)21-7-4-14-31-21/h1-14,16H,15H2,(H,25,28)(H2,24,29,30)/b13-10+. The first-order chi connectivity index (χ1) is 15.4. The van der Waals surface area contributed by atoms with Gasteiger partial charge in [-0.1, -0.05) is 36.4 Å². The molecule has 1 amide bonds. The van der Waals surface area contributed by atoms with E-state index in [-0.39, 0.29) is 17.3 Å². The number of sulfonamides is 1. The molecule has 4 rings (SSSR count). The summed E-state index contributed by atoms with van der Waals surface area (Å²) in [6.07, 6.45) is 5.09. The van der Waals surface area contributed by atoms with E-state index >= 15 is 0 Å². The number of amides is 1. The van der Waals surface area contributed by atoms with Crippen molar-refractivity contribution in [3.05, 3.63) is 95.5 Å². The number of thiophene rings is 1. The normalized spacial score (nSPS) is 11.7. The Morgan fingerprint density at radius 2 is 1.81 bits per heavy atom. The molecule has 0 aliphatic rings. The first-order valence-corrected chi connectivity index (χ1v) is 12.1. The Morgan fingerprint density at radius 1 is 1.06 bits per heavy atom. The molecule has 9 heteroatoms. The molecule has 32 heavy (non-hydrogen) atoms. The number of carbonyl (C=O) groups is 1. The van der Waals surface area contributed by atoms with Gasteiger partial charge < -0.3 is 5.32 Å². The van der Waals surface area contributed by atoms with E-state index < -0.39 is 10.0 Å². The quantitative estimate of drug-likeness (QED) is 0.408. The highest BCUT2D eigenvalue weighted by atomic mass is 32.2. The van der Waals surface area contributed by atoms with Crippen molar-refractivity contribution in [3.8, 4) is 16.3 Å². The van der Waals surface area contributed by atoms with Gasteiger partial charge in [0.05, 0.1) is 15.5 Å². The molecule has 0 saturated heterocycles. The van der Waals surface area contributed by atoms with Crippen LogP contribution >= 0.6 is 11.3 Å². The van der Waals surface area contributed by atoms with Gasteiger partial charge in [0.15, 0.2) is 0 Å². The minimum absolute atomic E-state index is 0.0315. The number of nitrogens with zero attached hydrogens (tertiary/aromatic N) is 2. The molecule has 0 aliphatic carbocycles. The van der Waals surface area contributed by atoms with E-state index in [9.17, 15) is 13.2 Å². The zero-order chi connectivity index (χ0) is 22.6. The number of nitrogens with two attached hydrogens (primary N) is 1. The van der Waals surface area contributed by atoms with E-state index in [1.807, 2.05) is 54.0 Å². The predicted molar refractivity (Wildman–Crippen MR) is 126 cm³/mol. The van der Waals surface area contributed by atoms with Crippen molar-refractivity contribution in [3.63, 3.8) is 0 Å². The summed E-state index contributed by atoms with van der Waals surface area (Å²) >= 11 is 1.58. The second-order valence-corrected chi connectivity index (χ2v) is 9.44. The lowest BCUT2D eigenvalue weighted by atomic mass is 10.2. The maximum absolute atomic E-state index is 12.4. The van der Waals surface area contributed by atoms with E-state index in [0.717, 1.165) is 27.4 Å². The van der Waals surface area contributed by atoms with E-state index in [4.69, 9.17) is 10.2 Å². The number of rotatable bonds is 7. The SMILES string of the molecule is NS(=O)(=O)c1ccc(CNC(=O)/C=C/c2cn(-c3ccccc3)nc2-c2cccs2)cc1. The van der Waals surface area contributed by atoms with Crippen LogP contribution in [-0.2, 0) is 21.4 Å². The van der Waals surface area contributed by atoms with Gasteiger partial charge in [-0.2, -0.15) is 5.10 Å². The molecule has 4 aromatic rings. The minimum Gasteiger partial charge on any atom is -0.348 e. The fourth-order valence-electron chi connectivity index (χ4n) is 3.04. The molecule has 0 atom stereocenters. The van der Waals surface area contributed by atoms with Crippen LogP contribution in [0.2, 0.25) is 0 Å². The van der Waals surface area contributed by atoms with Crippen molar-refractivity contribution in [2.45, 2.75) is 11.4 Å². The molecule has 0 radical (unpaired) electrons. The maximum atomic E-state index is 12.4. The molecular weight excluding hydrogens is 444 g/mol. The van der Waals surface area contributed by atoms with Crippen LogP contribution in [0.15, 0.2) is 89.3 Å². The minimum atomic E-state index is -3.74. The zero-order valence-electron chi connectivity index (χ0n) is 16.9. The van der Waals surface area contributed by atoms with Gasteiger partial charge in [0, 0.05) is 24.4 Å². The van der Waals surface area contributed by atoms with Crippen molar-refractivity contribution >= 4 is 33.3 Å². The lowest BCUT2D eigenvalue weighted by Gasteiger charge is -2.04. The molecule has 2 heterocycles. The summed E-state index contributed by atoms with van der Waals surface area (Å²) in [5.41, 5.74) is 3.31. The molecule has 0 saturated carbocycles. The third-order valence-electron chi connectivity index (χ3n) is 4.65. The Labute approximate surface area is 189 Å². The second kappa shape index (κ2) is 9.31. The fraction of sp³-hybridized carbons (Fsp3) is 0.0435. The van der Waals surface area contributed by atoms with Gasteiger partial charge in [0.25, 0.3) is 0 Å². The monoisotopic (exact) mass is 464 g/mol. The summed E-state index contributed by atoms with van der Waals surface area (Å²) < 4.78 is 24.4. The van der Waals surface area contributed by atoms with Crippen LogP contribution in [0.3, 0.4) is 0 Å². The maximum Gasteiger partial charge on any atom is 0.244 e. The zero-order valence-corrected chi connectivity index (χ0v) is 18.5. The number of para-hydroxylation sites is 1. The van der Waals surface area contributed by atoms with Crippen molar-refractivity contribution in [1.82, 2.24) is 15.1 Å². The van der Waals surface area contributed by atoms with Crippen LogP contribution in [0, 0.1) is 0 Å². The van der Waals surface area contributed by atoms with Crippen LogP contribution in [-0.4, -0.2) is 24.1 Å². The van der Waals surface area contributed by atoms with Crippen molar-refractivity contribution in [2.75, 3.05) is 0 Å². The Kier molecular flexibility index (Phi) is 6.31. The fourth-order valence-corrected chi connectivity index (χ4v) is 4.28.